The first-order chi connectivity index (χ1) is 9.76. The minimum absolute atomic E-state index is 0.286. The lowest BCUT2D eigenvalue weighted by Gasteiger charge is -2.31. The van der Waals surface area contributed by atoms with E-state index >= 15 is 0 Å². The van der Waals surface area contributed by atoms with E-state index in [-0.39, 0.29) is 5.75 Å². The number of likely N-dealkylation sites (tertiary alicyclic amines) is 1. The van der Waals surface area contributed by atoms with Crippen LogP contribution in [0.2, 0.25) is 0 Å². The second kappa shape index (κ2) is 5.67. The number of aromatic nitrogens is 1. The molecule has 0 aliphatic carbocycles. The van der Waals surface area contributed by atoms with Gasteiger partial charge in [-0.05, 0) is 43.0 Å². The standard InChI is InChI=1S/C16H21N3O/c1-2-19-9-6-13(7-10-19)18-16-15-11-14(20)4-3-12(15)5-8-17-16/h3-5,8,11,13,20H,2,6-7,9-10H2,1H3,(H,17,18). The second-order valence-electron chi connectivity index (χ2n) is 5.42. The third-order valence-electron chi connectivity index (χ3n) is 4.13. The number of pyridine rings is 1. The molecule has 1 fully saturated rings. The van der Waals surface area contributed by atoms with E-state index in [0.29, 0.717) is 6.04 Å². The van der Waals surface area contributed by atoms with Gasteiger partial charge in [0.2, 0.25) is 0 Å². The molecule has 4 nitrogen and oxygen atoms in total. The fourth-order valence-electron chi connectivity index (χ4n) is 2.86. The van der Waals surface area contributed by atoms with Gasteiger partial charge in [-0.3, -0.25) is 0 Å². The number of fused-ring (bicyclic) bond motifs is 1. The Morgan fingerprint density at radius 1 is 1.30 bits per heavy atom. The average molecular weight is 271 g/mol. The smallest absolute Gasteiger partial charge is 0.134 e. The molecule has 0 saturated carbocycles. The zero-order valence-corrected chi connectivity index (χ0v) is 11.8. The van der Waals surface area contributed by atoms with Crippen LogP contribution in [0.25, 0.3) is 10.8 Å². The van der Waals surface area contributed by atoms with Crippen molar-refractivity contribution in [2.45, 2.75) is 25.8 Å². The summed E-state index contributed by atoms with van der Waals surface area (Å²) < 4.78 is 0. The number of aromatic hydroxyl groups is 1. The van der Waals surface area contributed by atoms with Gasteiger partial charge in [-0.1, -0.05) is 13.0 Å². The summed E-state index contributed by atoms with van der Waals surface area (Å²) in [7, 11) is 0. The number of phenolic OH excluding ortho intramolecular Hbond substituents is 1. The monoisotopic (exact) mass is 271 g/mol. The van der Waals surface area contributed by atoms with Crippen molar-refractivity contribution in [3.63, 3.8) is 0 Å². The topological polar surface area (TPSA) is 48.4 Å². The van der Waals surface area contributed by atoms with Gasteiger partial charge in [0.1, 0.15) is 11.6 Å². The molecule has 4 heteroatoms. The Labute approximate surface area is 119 Å². The summed E-state index contributed by atoms with van der Waals surface area (Å²) in [6.07, 6.45) is 4.11. The SMILES string of the molecule is CCN1CCC(Nc2nccc3ccc(O)cc23)CC1. The Kier molecular flexibility index (Phi) is 3.74. The van der Waals surface area contributed by atoms with Crippen molar-refractivity contribution >= 4 is 16.6 Å². The number of rotatable bonds is 3. The zero-order chi connectivity index (χ0) is 13.9. The van der Waals surface area contributed by atoms with Crippen LogP contribution >= 0.6 is 0 Å². The molecule has 106 valence electrons. The lowest BCUT2D eigenvalue weighted by atomic mass is 10.0. The number of hydrogen-bond acceptors (Lipinski definition) is 4. The largest absolute Gasteiger partial charge is 0.508 e. The van der Waals surface area contributed by atoms with Crippen LogP contribution in [-0.4, -0.2) is 40.7 Å². The first-order valence-electron chi connectivity index (χ1n) is 7.33. The van der Waals surface area contributed by atoms with Crippen LogP contribution < -0.4 is 5.32 Å². The third kappa shape index (κ3) is 2.70. The quantitative estimate of drug-likeness (QED) is 0.901. The first-order valence-corrected chi connectivity index (χ1v) is 7.33. The normalized spacial score (nSPS) is 17.4. The van der Waals surface area contributed by atoms with E-state index in [9.17, 15) is 5.11 Å². The molecule has 1 saturated heterocycles. The number of hydrogen-bond donors (Lipinski definition) is 2. The van der Waals surface area contributed by atoms with Crippen molar-refractivity contribution < 1.29 is 5.11 Å². The highest BCUT2D eigenvalue weighted by molar-refractivity contribution is 5.92. The van der Waals surface area contributed by atoms with Crippen LogP contribution in [0.1, 0.15) is 19.8 Å². The maximum atomic E-state index is 9.66. The molecule has 1 aromatic carbocycles. The van der Waals surface area contributed by atoms with Crippen molar-refractivity contribution in [3.8, 4) is 5.75 Å². The van der Waals surface area contributed by atoms with Crippen LogP contribution in [0.3, 0.4) is 0 Å². The van der Waals surface area contributed by atoms with Gasteiger partial charge in [0.25, 0.3) is 0 Å². The molecule has 3 rings (SSSR count). The van der Waals surface area contributed by atoms with Gasteiger partial charge in [0, 0.05) is 30.7 Å². The molecule has 1 aliphatic rings. The molecule has 2 N–H and O–H groups in total. The Bertz CT molecular complexity index is 591. The van der Waals surface area contributed by atoms with E-state index in [1.807, 2.05) is 18.3 Å². The van der Waals surface area contributed by atoms with E-state index in [2.05, 4.69) is 22.1 Å². The van der Waals surface area contributed by atoms with E-state index in [1.54, 1.807) is 12.1 Å². The molecule has 0 unspecified atom stereocenters. The molecule has 1 aliphatic heterocycles. The molecule has 20 heavy (non-hydrogen) atoms. The van der Waals surface area contributed by atoms with E-state index in [0.717, 1.165) is 49.1 Å². The Morgan fingerprint density at radius 2 is 2.10 bits per heavy atom. The molecular formula is C16H21N3O. The Hall–Kier alpha value is -1.81. The maximum absolute atomic E-state index is 9.66. The number of phenols is 1. The molecule has 2 heterocycles. The van der Waals surface area contributed by atoms with E-state index in [1.165, 1.54) is 0 Å². The number of piperidine rings is 1. The summed E-state index contributed by atoms with van der Waals surface area (Å²) in [6, 6.07) is 7.87. The Morgan fingerprint density at radius 3 is 2.85 bits per heavy atom. The van der Waals surface area contributed by atoms with Gasteiger partial charge in [-0.25, -0.2) is 4.98 Å². The summed E-state index contributed by atoms with van der Waals surface area (Å²) in [4.78, 5) is 6.92. The zero-order valence-electron chi connectivity index (χ0n) is 11.8. The summed E-state index contributed by atoms with van der Waals surface area (Å²) >= 11 is 0. The van der Waals surface area contributed by atoms with E-state index < -0.39 is 0 Å². The number of nitrogens with one attached hydrogen (secondary N) is 1. The van der Waals surface area contributed by atoms with Crippen LogP contribution in [0.4, 0.5) is 5.82 Å². The first kappa shape index (κ1) is 13.2. The molecule has 0 radical (unpaired) electrons. The molecule has 1 aromatic heterocycles. The summed E-state index contributed by atoms with van der Waals surface area (Å²) in [5.74, 6) is 1.17. The number of anilines is 1. The maximum Gasteiger partial charge on any atom is 0.134 e. The van der Waals surface area contributed by atoms with Gasteiger partial charge in [-0.2, -0.15) is 0 Å². The van der Waals surface area contributed by atoms with Crippen molar-refractivity contribution in [3.05, 3.63) is 30.5 Å². The summed E-state index contributed by atoms with van der Waals surface area (Å²) in [5, 5.41) is 15.3. The Balaban J connectivity index is 1.79. The van der Waals surface area contributed by atoms with Gasteiger partial charge in [0.05, 0.1) is 0 Å². The molecule has 0 spiro atoms. The highest BCUT2D eigenvalue weighted by Crippen LogP contribution is 2.26. The molecule has 0 atom stereocenters. The molecule has 2 aromatic rings. The molecule has 0 bridgehead atoms. The number of nitrogens with zero attached hydrogens (tertiary/aromatic N) is 2. The van der Waals surface area contributed by atoms with Gasteiger partial charge in [0.15, 0.2) is 0 Å². The van der Waals surface area contributed by atoms with Gasteiger partial charge < -0.3 is 15.3 Å². The highest BCUT2D eigenvalue weighted by Gasteiger charge is 2.18. The summed E-state index contributed by atoms with van der Waals surface area (Å²) in [5.41, 5.74) is 0. The predicted octanol–water partition coefficient (Wildman–Crippen LogP) is 2.84. The fourth-order valence-corrected chi connectivity index (χ4v) is 2.86. The van der Waals surface area contributed by atoms with E-state index in [4.69, 9.17) is 0 Å². The molecular weight excluding hydrogens is 250 g/mol. The highest BCUT2D eigenvalue weighted by atomic mass is 16.3. The van der Waals surface area contributed by atoms with Crippen molar-refractivity contribution in [2.75, 3.05) is 25.0 Å². The van der Waals surface area contributed by atoms with Crippen molar-refractivity contribution in [1.82, 2.24) is 9.88 Å². The van der Waals surface area contributed by atoms with Crippen LogP contribution in [0, 0.1) is 0 Å². The minimum atomic E-state index is 0.286. The van der Waals surface area contributed by atoms with Crippen LogP contribution in [0.5, 0.6) is 5.75 Å². The van der Waals surface area contributed by atoms with Gasteiger partial charge in [-0.15, -0.1) is 0 Å². The minimum Gasteiger partial charge on any atom is -0.508 e. The molecule has 0 amide bonds. The van der Waals surface area contributed by atoms with Crippen LogP contribution in [-0.2, 0) is 0 Å². The number of benzene rings is 1. The van der Waals surface area contributed by atoms with Crippen LogP contribution in [0.15, 0.2) is 30.5 Å². The lowest BCUT2D eigenvalue weighted by molar-refractivity contribution is 0.229. The second-order valence-corrected chi connectivity index (χ2v) is 5.42. The fraction of sp³-hybridized carbons (Fsp3) is 0.438. The van der Waals surface area contributed by atoms with Gasteiger partial charge >= 0.3 is 0 Å². The predicted molar refractivity (Wildman–Crippen MR) is 82.2 cm³/mol. The summed E-state index contributed by atoms with van der Waals surface area (Å²) in [6.45, 7) is 5.63. The average Bonchev–Trinajstić information content (AvgIpc) is 2.49. The lowest BCUT2D eigenvalue weighted by Crippen LogP contribution is -2.39. The third-order valence-corrected chi connectivity index (χ3v) is 4.13. The van der Waals surface area contributed by atoms with Crippen molar-refractivity contribution in [1.29, 1.82) is 0 Å². The van der Waals surface area contributed by atoms with Crippen molar-refractivity contribution in [2.24, 2.45) is 0 Å².